The first-order chi connectivity index (χ1) is 9.74. The molecule has 2 atom stereocenters. The molecule has 1 saturated carbocycles. The summed E-state index contributed by atoms with van der Waals surface area (Å²) in [6.07, 6.45) is 9.38. The van der Waals surface area contributed by atoms with E-state index >= 15 is 0 Å². The van der Waals surface area contributed by atoms with Gasteiger partial charge in [-0.1, -0.05) is 62.9 Å². The summed E-state index contributed by atoms with van der Waals surface area (Å²) in [5.41, 5.74) is 7.82. The average Bonchev–Trinajstić information content (AvgIpc) is 2.77. The molecule has 2 rings (SSSR count). The second kappa shape index (κ2) is 7.80. The summed E-state index contributed by atoms with van der Waals surface area (Å²) in [4.78, 5) is 2.57. The highest BCUT2D eigenvalue weighted by atomic mass is 15.2. The van der Waals surface area contributed by atoms with Crippen molar-refractivity contribution in [3.8, 4) is 0 Å². The third kappa shape index (κ3) is 3.83. The largest absolute Gasteiger partial charge is 0.323 e. The van der Waals surface area contributed by atoms with Crippen LogP contribution in [0.4, 0.5) is 0 Å². The van der Waals surface area contributed by atoms with E-state index in [0.717, 1.165) is 12.5 Å². The molecule has 0 aromatic heterocycles. The Balaban J connectivity index is 2.06. The zero-order valence-electron chi connectivity index (χ0n) is 13.1. The second-order valence-corrected chi connectivity index (χ2v) is 6.22. The van der Waals surface area contributed by atoms with Crippen molar-refractivity contribution in [1.29, 1.82) is 0 Å². The van der Waals surface area contributed by atoms with Crippen LogP contribution < -0.4 is 5.73 Å². The first-order valence-corrected chi connectivity index (χ1v) is 8.26. The first kappa shape index (κ1) is 15.5. The monoisotopic (exact) mass is 274 g/mol. The zero-order chi connectivity index (χ0) is 14.4. The van der Waals surface area contributed by atoms with Crippen molar-refractivity contribution in [3.63, 3.8) is 0 Å². The van der Waals surface area contributed by atoms with Gasteiger partial charge in [0.25, 0.3) is 0 Å². The minimum Gasteiger partial charge on any atom is -0.323 e. The van der Waals surface area contributed by atoms with Gasteiger partial charge in [0, 0.05) is 18.1 Å². The van der Waals surface area contributed by atoms with Gasteiger partial charge in [0.2, 0.25) is 0 Å². The fraction of sp³-hybridized carbons (Fsp3) is 0.667. The summed E-state index contributed by atoms with van der Waals surface area (Å²) in [6.45, 7) is 2.26. The molecule has 1 aliphatic rings. The maximum absolute atomic E-state index is 6.55. The summed E-state index contributed by atoms with van der Waals surface area (Å²) < 4.78 is 0. The lowest BCUT2D eigenvalue weighted by Crippen LogP contribution is -2.45. The molecule has 2 nitrogen and oxygen atoms in total. The van der Waals surface area contributed by atoms with Crippen LogP contribution in [0.15, 0.2) is 30.3 Å². The third-order valence-electron chi connectivity index (χ3n) is 4.94. The van der Waals surface area contributed by atoms with Gasteiger partial charge < -0.3 is 5.73 Å². The number of rotatable bonds is 5. The third-order valence-corrected chi connectivity index (χ3v) is 4.94. The van der Waals surface area contributed by atoms with Gasteiger partial charge in [-0.3, -0.25) is 4.90 Å². The fourth-order valence-corrected chi connectivity index (χ4v) is 3.63. The van der Waals surface area contributed by atoms with Gasteiger partial charge in [-0.15, -0.1) is 0 Å². The van der Waals surface area contributed by atoms with Crippen molar-refractivity contribution in [1.82, 2.24) is 4.90 Å². The maximum Gasteiger partial charge on any atom is 0.0452 e. The Bertz CT molecular complexity index is 368. The van der Waals surface area contributed by atoms with Crippen LogP contribution in [0.25, 0.3) is 0 Å². The minimum atomic E-state index is 0.120. The Hall–Kier alpha value is -0.860. The van der Waals surface area contributed by atoms with Gasteiger partial charge in [0.1, 0.15) is 0 Å². The highest BCUT2D eigenvalue weighted by Crippen LogP contribution is 2.27. The molecule has 0 aliphatic heterocycles. The van der Waals surface area contributed by atoms with Crippen molar-refractivity contribution >= 4 is 0 Å². The number of benzene rings is 1. The Morgan fingerprint density at radius 1 is 1.10 bits per heavy atom. The Morgan fingerprint density at radius 2 is 1.70 bits per heavy atom. The lowest BCUT2D eigenvalue weighted by atomic mass is 9.94. The molecule has 0 spiro atoms. The van der Waals surface area contributed by atoms with Gasteiger partial charge in [-0.25, -0.2) is 0 Å². The predicted octanol–water partition coefficient (Wildman–Crippen LogP) is 4.12. The Kier molecular flexibility index (Phi) is 6.06. The number of nitrogens with two attached hydrogens (primary N) is 1. The van der Waals surface area contributed by atoms with Crippen LogP contribution in [0.2, 0.25) is 0 Å². The highest BCUT2D eigenvalue weighted by molar-refractivity contribution is 5.20. The molecule has 2 N–H and O–H groups in total. The van der Waals surface area contributed by atoms with Crippen LogP contribution in [0.1, 0.15) is 63.5 Å². The number of hydrogen-bond acceptors (Lipinski definition) is 2. The van der Waals surface area contributed by atoms with E-state index in [1.807, 2.05) is 0 Å². The molecule has 0 saturated heterocycles. The normalized spacial score (nSPS) is 20.6. The number of likely N-dealkylation sites (N-methyl/N-ethyl adjacent to an activating group) is 1. The molecule has 1 fully saturated rings. The van der Waals surface area contributed by atoms with Crippen LogP contribution in [-0.2, 0) is 0 Å². The van der Waals surface area contributed by atoms with E-state index in [1.54, 1.807) is 0 Å². The van der Waals surface area contributed by atoms with Gasteiger partial charge in [-0.2, -0.15) is 0 Å². The first-order valence-electron chi connectivity index (χ1n) is 8.26. The number of nitrogens with zero attached hydrogens (tertiary/aromatic N) is 1. The molecule has 1 aromatic rings. The van der Waals surface area contributed by atoms with Crippen LogP contribution in [-0.4, -0.2) is 24.0 Å². The molecule has 2 unspecified atom stereocenters. The molecule has 112 valence electrons. The van der Waals surface area contributed by atoms with E-state index in [4.69, 9.17) is 5.73 Å². The molecule has 0 bridgehead atoms. The quantitative estimate of drug-likeness (QED) is 0.818. The van der Waals surface area contributed by atoms with E-state index < -0.39 is 0 Å². The van der Waals surface area contributed by atoms with E-state index in [2.05, 4.69) is 49.2 Å². The van der Waals surface area contributed by atoms with Gasteiger partial charge in [0.05, 0.1) is 0 Å². The molecule has 0 amide bonds. The van der Waals surface area contributed by atoms with Gasteiger partial charge >= 0.3 is 0 Å². The van der Waals surface area contributed by atoms with Crippen molar-refractivity contribution in [2.24, 2.45) is 5.73 Å². The van der Waals surface area contributed by atoms with E-state index in [1.165, 1.54) is 44.1 Å². The standard InChI is InChI=1S/C18H30N2/c1-3-17(18(19)15-11-7-6-8-12-15)20(2)16-13-9-4-5-10-14-16/h6-8,11-12,16-18H,3-5,9-10,13-14,19H2,1-2H3. The summed E-state index contributed by atoms with van der Waals surface area (Å²) >= 11 is 0. The summed E-state index contributed by atoms with van der Waals surface area (Å²) in [6, 6.07) is 11.8. The summed E-state index contributed by atoms with van der Waals surface area (Å²) in [7, 11) is 2.28. The Labute approximate surface area is 124 Å². The topological polar surface area (TPSA) is 29.3 Å². The molecular formula is C18H30N2. The van der Waals surface area contributed by atoms with Gasteiger partial charge in [-0.05, 0) is 31.9 Å². The van der Waals surface area contributed by atoms with Gasteiger partial charge in [0.15, 0.2) is 0 Å². The smallest absolute Gasteiger partial charge is 0.0452 e. The van der Waals surface area contributed by atoms with E-state index in [-0.39, 0.29) is 6.04 Å². The second-order valence-electron chi connectivity index (χ2n) is 6.22. The molecule has 2 heteroatoms. The van der Waals surface area contributed by atoms with Crippen molar-refractivity contribution in [2.45, 2.75) is 70.0 Å². The summed E-state index contributed by atoms with van der Waals surface area (Å²) in [5, 5.41) is 0. The van der Waals surface area contributed by atoms with Crippen LogP contribution in [0, 0.1) is 0 Å². The molecule has 0 heterocycles. The highest BCUT2D eigenvalue weighted by Gasteiger charge is 2.27. The SMILES string of the molecule is CCC(C(N)c1ccccc1)N(C)C1CCCCCC1. The van der Waals surface area contributed by atoms with E-state index in [0.29, 0.717) is 6.04 Å². The fourth-order valence-electron chi connectivity index (χ4n) is 3.63. The van der Waals surface area contributed by atoms with E-state index in [9.17, 15) is 0 Å². The maximum atomic E-state index is 6.55. The molecular weight excluding hydrogens is 244 g/mol. The predicted molar refractivity (Wildman–Crippen MR) is 86.7 cm³/mol. The lowest BCUT2D eigenvalue weighted by Gasteiger charge is -2.37. The molecule has 1 aromatic carbocycles. The molecule has 1 aliphatic carbocycles. The average molecular weight is 274 g/mol. The zero-order valence-corrected chi connectivity index (χ0v) is 13.1. The van der Waals surface area contributed by atoms with Crippen molar-refractivity contribution in [2.75, 3.05) is 7.05 Å². The summed E-state index contributed by atoms with van der Waals surface area (Å²) in [5.74, 6) is 0. The van der Waals surface area contributed by atoms with Crippen LogP contribution >= 0.6 is 0 Å². The Morgan fingerprint density at radius 3 is 2.25 bits per heavy atom. The lowest BCUT2D eigenvalue weighted by molar-refractivity contribution is 0.133. The van der Waals surface area contributed by atoms with Crippen molar-refractivity contribution in [3.05, 3.63) is 35.9 Å². The number of hydrogen-bond donors (Lipinski definition) is 1. The molecule has 0 radical (unpaired) electrons. The van der Waals surface area contributed by atoms with Crippen LogP contribution in [0.5, 0.6) is 0 Å². The molecule has 20 heavy (non-hydrogen) atoms. The van der Waals surface area contributed by atoms with Crippen molar-refractivity contribution < 1.29 is 0 Å². The minimum absolute atomic E-state index is 0.120. The van der Waals surface area contributed by atoms with Crippen LogP contribution in [0.3, 0.4) is 0 Å².